The lowest BCUT2D eigenvalue weighted by Gasteiger charge is -2.10. The van der Waals surface area contributed by atoms with Crippen LogP contribution in [0.25, 0.3) is 5.69 Å². The second kappa shape index (κ2) is 5.42. The van der Waals surface area contributed by atoms with Gasteiger partial charge in [-0.2, -0.15) is 0 Å². The molecule has 0 amide bonds. The van der Waals surface area contributed by atoms with Crippen LogP contribution >= 0.6 is 31.9 Å². The Morgan fingerprint density at radius 3 is 2.58 bits per heavy atom. The molecule has 19 heavy (non-hydrogen) atoms. The summed E-state index contributed by atoms with van der Waals surface area (Å²) in [7, 11) is 0. The normalized spacial score (nSPS) is 11.0. The van der Waals surface area contributed by atoms with Gasteiger partial charge in [0.25, 0.3) is 5.82 Å². The molecule has 2 aromatic rings. The van der Waals surface area contributed by atoms with Gasteiger partial charge in [0.1, 0.15) is 5.82 Å². The molecule has 2 rings (SSSR count). The fraction of sp³-hybridized carbons (Fsp3) is 0.250. The highest BCUT2D eigenvalue weighted by molar-refractivity contribution is 9.11. The van der Waals surface area contributed by atoms with Crippen LogP contribution in [0.3, 0.4) is 0 Å². The summed E-state index contributed by atoms with van der Waals surface area (Å²) in [4.78, 5) is 15.1. The lowest BCUT2D eigenvalue weighted by atomic mass is 10.2. The Hall–Kier alpha value is -1.21. The van der Waals surface area contributed by atoms with Gasteiger partial charge in [0.05, 0.1) is 5.69 Å². The van der Waals surface area contributed by atoms with Crippen molar-refractivity contribution >= 4 is 37.8 Å². The Morgan fingerprint density at radius 2 is 2.05 bits per heavy atom. The van der Waals surface area contributed by atoms with Gasteiger partial charge in [0.2, 0.25) is 0 Å². The van der Waals surface area contributed by atoms with Crippen LogP contribution in [0, 0.1) is 0 Å². The fourth-order valence-electron chi connectivity index (χ4n) is 1.62. The minimum Gasteiger partial charge on any atom is -0.475 e. The summed E-state index contributed by atoms with van der Waals surface area (Å²) in [5.74, 6) is -0.649. The first-order chi connectivity index (χ1) is 8.90. The van der Waals surface area contributed by atoms with Crippen LogP contribution in [0.4, 0.5) is 0 Å². The Kier molecular flexibility index (Phi) is 4.05. The largest absolute Gasteiger partial charge is 0.475 e. The van der Waals surface area contributed by atoms with Gasteiger partial charge < -0.3 is 5.11 Å². The first-order valence-electron chi connectivity index (χ1n) is 5.56. The average Bonchev–Trinajstić information content (AvgIpc) is 2.73. The van der Waals surface area contributed by atoms with E-state index in [9.17, 15) is 4.79 Å². The molecule has 0 aliphatic rings. The predicted molar refractivity (Wildman–Crippen MR) is 77.8 cm³/mol. The third kappa shape index (κ3) is 2.87. The summed E-state index contributed by atoms with van der Waals surface area (Å²) < 4.78 is 3.29. The van der Waals surface area contributed by atoms with Crippen molar-refractivity contribution in [3.8, 4) is 5.69 Å². The van der Waals surface area contributed by atoms with E-state index in [1.54, 1.807) is 4.68 Å². The third-order valence-corrected chi connectivity index (χ3v) is 3.61. The molecule has 1 aromatic heterocycles. The van der Waals surface area contributed by atoms with Crippen molar-refractivity contribution in [2.75, 3.05) is 0 Å². The zero-order valence-corrected chi connectivity index (χ0v) is 13.4. The van der Waals surface area contributed by atoms with Crippen LogP contribution in [0.2, 0.25) is 0 Å². The molecule has 0 bridgehead atoms. The zero-order valence-electron chi connectivity index (χ0n) is 10.3. The molecule has 0 radical (unpaired) electrons. The number of benzene rings is 1. The van der Waals surface area contributed by atoms with E-state index in [2.05, 4.69) is 41.9 Å². The highest BCUT2D eigenvalue weighted by Gasteiger charge is 2.19. The van der Waals surface area contributed by atoms with E-state index in [4.69, 9.17) is 5.11 Å². The van der Waals surface area contributed by atoms with Crippen LogP contribution in [0.15, 0.2) is 27.1 Å². The topological polar surface area (TPSA) is 68.0 Å². The molecule has 100 valence electrons. The number of carboxylic acids is 1. The molecule has 0 saturated carbocycles. The molecular weight excluding hydrogens is 378 g/mol. The predicted octanol–water partition coefficient (Wildman–Crippen LogP) is 3.61. The zero-order chi connectivity index (χ0) is 14.2. The Labute approximate surface area is 126 Å². The first-order valence-corrected chi connectivity index (χ1v) is 7.14. The fourth-order valence-corrected chi connectivity index (χ4v) is 2.83. The highest BCUT2D eigenvalue weighted by atomic mass is 79.9. The quantitative estimate of drug-likeness (QED) is 0.871. The van der Waals surface area contributed by atoms with Gasteiger partial charge in [-0.1, -0.05) is 29.8 Å². The minimum absolute atomic E-state index is 0.0659. The summed E-state index contributed by atoms with van der Waals surface area (Å²) >= 11 is 6.82. The molecule has 0 atom stereocenters. The number of hydrogen-bond acceptors (Lipinski definition) is 3. The average molecular weight is 389 g/mol. The minimum atomic E-state index is -1.13. The number of rotatable bonds is 3. The van der Waals surface area contributed by atoms with Crippen molar-refractivity contribution in [1.82, 2.24) is 14.8 Å². The van der Waals surface area contributed by atoms with Crippen LogP contribution in [-0.4, -0.2) is 25.8 Å². The summed E-state index contributed by atoms with van der Waals surface area (Å²) in [5, 5.41) is 13.1. The van der Waals surface area contributed by atoms with Crippen LogP contribution in [0.5, 0.6) is 0 Å². The molecule has 7 heteroatoms. The van der Waals surface area contributed by atoms with Crippen molar-refractivity contribution < 1.29 is 9.90 Å². The van der Waals surface area contributed by atoms with Gasteiger partial charge in [-0.25, -0.2) is 14.5 Å². The number of carbonyl (C=O) groups is 1. The van der Waals surface area contributed by atoms with Crippen molar-refractivity contribution in [1.29, 1.82) is 0 Å². The molecule has 0 fully saturated rings. The Bertz CT molecular complexity index is 638. The molecule has 5 nitrogen and oxygen atoms in total. The van der Waals surface area contributed by atoms with Crippen molar-refractivity contribution in [3.05, 3.63) is 38.8 Å². The summed E-state index contributed by atoms with van der Waals surface area (Å²) in [6.45, 7) is 3.89. The number of aromatic carboxylic acids is 1. The van der Waals surface area contributed by atoms with Crippen molar-refractivity contribution in [2.45, 2.75) is 19.8 Å². The first kappa shape index (κ1) is 14.2. The van der Waals surface area contributed by atoms with E-state index in [-0.39, 0.29) is 11.7 Å². The van der Waals surface area contributed by atoms with Crippen LogP contribution < -0.4 is 0 Å². The maximum Gasteiger partial charge on any atom is 0.375 e. The number of aromatic nitrogens is 3. The van der Waals surface area contributed by atoms with E-state index >= 15 is 0 Å². The number of hydrogen-bond donors (Lipinski definition) is 1. The second-order valence-corrected chi connectivity index (χ2v) is 6.03. The second-order valence-electron chi connectivity index (χ2n) is 4.26. The molecule has 0 aliphatic heterocycles. The smallest absolute Gasteiger partial charge is 0.375 e. The van der Waals surface area contributed by atoms with Crippen LogP contribution in [-0.2, 0) is 0 Å². The number of nitrogens with zero attached hydrogens (tertiary/aromatic N) is 3. The molecule has 1 N–H and O–H groups in total. The molecule has 1 heterocycles. The van der Waals surface area contributed by atoms with Gasteiger partial charge in [0.15, 0.2) is 0 Å². The van der Waals surface area contributed by atoms with E-state index in [0.717, 1.165) is 14.6 Å². The number of halogens is 2. The lowest BCUT2D eigenvalue weighted by molar-refractivity contribution is 0.0683. The SMILES string of the molecule is CC(C)c1nc(C(=O)O)nn1-c1ccc(Br)cc1Br. The van der Waals surface area contributed by atoms with Crippen molar-refractivity contribution in [2.24, 2.45) is 0 Å². The monoisotopic (exact) mass is 387 g/mol. The summed E-state index contributed by atoms with van der Waals surface area (Å²) in [6, 6.07) is 5.59. The van der Waals surface area contributed by atoms with Gasteiger partial charge in [-0.3, -0.25) is 0 Å². The molecule has 0 aliphatic carbocycles. The van der Waals surface area contributed by atoms with Gasteiger partial charge in [0, 0.05) is 14.9 Å². The van der Waals surface area contributed by atoms with Gasteiger partial charge in [-0.15, -0.1) is 5.10 Å². The molecule has 0 unspecified atom stereocenters. The van der Waals surface area contributed by atoms with E-state index in [1.165, 1.54) is 0 Å². The Morgan fingerprint density at radius 1 is 1.37 bits per heavy atom. The van der Waals surface area contributed by atoms with Gasteiger partial charge in [-0.05, 0) is 34.1 Å². The Balaban J connectivity index is 2.63. The van der Waals surface area contributed by atoms with Crippen molar-refractivity contribution in [3.63, 3.8) is 0 Å². The summed E-state index contributed by atoms with van der Waals surface area (Å²) in [6.07, 6.45) is 0. The maximum absolute atomic E-state index is 11.0. The molecule has 1 aromatic carbocycles. The van der Waals surface area contributed by atoms with E-state index in [0.29, 0.717) is 5.82 Å². The third-order valence-electron chi connectivity index (χ3n) is 2.48. The lowest BCUT2D eigenvalue weighted by Crippen LogP contribution is -2.05. The maximum atomic E-state index is 11.0. The molecule has 0 spiro atoms. The van der Waals surface area contributed by atoms with Gasteiger partial charge >= 0.3 is 5.97 Å². The summed E-state index contributed by atoms with van der Waals surface area (Å²) in [5.41, 5.74) is 0.756. The number of carboxylic acid groups (broad SMARTS) is 1. The van der Waals surface area contributed by atoms with E-state index < -0.39 is 5.97 Å². The standard InChI is InChI=1S/C12H11Br2N3O2/c1-6(2)11-15-10(12(18)19)16-17(11)9-4-3-7(13)5-8(9)14/h3-6H,1-2H3,(H,18,19). The highest BCUT2D eigenvalue weighted by Crippen LogP contribution is 2.27. The van der Waals surface area contributed by atoms with E-state index in [1.807, 2.05) is 32.0 Å². The molecular formula is C12H11Br2N3O2. The molecule has 0 saturated heterocycles. The van der Waals surface area contributed by atoms with Crippen LogP contribution in [0.1, 0.15) is 36.2 Å².